The first kappa shape index (κ1) is 17.5. The molecule has 0 aliphatic rings. The molecule has 0 spiro atoms. The molecule has 0 bridgehead atoms. The van der Waals surface area contributed by atoms with Crippen molar-refractivity contribution in [3.63, 3.8) is 0 Å². The summed E-state index contributed by atoms with van der Waals surface area (Å²) in [4.78, 5) is 33.8. The molecule has 2 rings (SSSR count). The van der Waals surface area contributed by atoms with E-state index in [1.807, 2.05) is 26.0 Å². The summed E-state index contributed by atoms with van der Waals surface area (Å²) in [5.41, 5.74) is 2.90. The monoisotopic (exact) mass is 334 g/mol. The van der Waals surface area contributed by atoms with Gasteiger partial charge in [0.05, 0.1) is 6.42 Å². The van der Waals surface area contributed by atoms with Crippen molar-refractivity contribution in [3.8, 4) is 0 Å². The van der Waals surface area contributed by atoms with Gasteiger partial charge in [0.2, 0.25) is 5.91 Å². The summed E-state index contributed by atoms with van der Waals surface area (Å²) in [6.45, 7) is 3.79. The molecule has 0 unspecified atom stereocenters. The van der Waals surface area contributed by atoms with Crippen LogP contribution in [0, 0.1) is 13.8 Å². The highest BCUT2D eigenvalue weighted by atomic mass is 16.5. The first-order valence-corrected chi connectivity index (χ1v) is 7.37. The number of nitrogens with one attached hydrogen (secondary N) is 1. The molecule has 0 aliphatic carbocycles. The maximum atomic E-state index is 12.1. The number of aromatic nitrogens is 1. The van der Waals surface area contributed by atoms with E-state index in [4.69, 9.17) is 14.7 Å². The molecule has 1 amide bonds. The summed E-state index contributed by atoms with van der Waals surface area (Å²) >= 11 is 0. The van der Waals surface area contributed by atoms with Crippen molar-refractivity contribution in [1.82, 2.24) is 10.5 Å². The second-order valence-corrected chi connectivity index (χ2v) is 5.65. The maximum absolute atomic E-state index is 12.1. The van der Waals surface area contributed by atoms with Crippen molar-refractivity contribution < 1.29 is 29.1 Å². The lowest BCUT2D eigenvalue weighted by molar-refractivity contribution is -0.143. The summed E-state index contributed by atoms with van der Waals surface area (Å²) in [6.07, 6.45) is -0.676. The molecule has 8 nitrogen and oxygen atoms in total. The van der Waals surface area contributed by atoms with Crippen LogP contribution in [0.3, 0.4) is 0 Å². The van der Waals surface area contributed by atoms with Gasteiger partial charge in [-0.25, -0.2) is 4.79 Å². The van der Waals surface area contributed by atoms with Crippen LogP contribution in [0.15, 0.2) is 16.7 Å². The molecule has 3 N–H and O–H groups in total. The summed E-state index contributed by atoms with van der Waals surface area (Å²) in [5.74, 6) is -2.95. The SMILES string of the molecule is Cc1cc(C)c2c(CC(=O)N[C@@H](CCC(=O)O)C(=O)O)noc2c1. The van der Waals surface area contributed by atoms with Gasteiger partial charge in [-0.3, -0.25) is 9.59 Å². The van der Waals surface area contributed by atoms with Gasteiger partial charge in [-0.05, 0) is 37.5 Å². The van der Waals surface area contributed by atoms with E-state index in [1.165, 1.54) is 0 Å². The van der Waals surface area contributed by atoms with Crippen molar-refractivity contribution in [2.24, 2.45) is 0 Å². The van der Waals surface area contributed by atoms with Crippen LogP contribution in [-0.4, -0.2) is 39.3 Å². The van der Waals surface area contributed by atoms with Gasteiger partial charge in [-0.2, -0.15) is 0 Å². The molecule has 24 heavy (non-hydrogen) atoms. The van der Waals surface area contributed by atoms with E-state index in [0.717, 1.165) is 16.5 Å². The van der Waals surface area contributed by atoms with Crippen LogP contribution >= 0.6 is 0 Å². The summed E-state index contributed by atoms with van der Waals surface area (Å²) in [6, 6.07) is 2.49. The minimum atomic E-state index is -1.28. The van der Waals surface area contributed by atoms with Gasteiger partial charge in [0.1, 0.15) is 11.7 Å². The van der Waals surface area contributed by atoms with E-state index in [1.54, 1.807) is 0 Å². The number of carboxylic acids is 2. The molecular formula is C16H18N2O6. The number of fused-ring (bicyclic) bond motifs is 1. The average molecular weight is 334 g/mol. The molecule has 0 saturated carbocycles. The molecule has 8 heteroatoms. The van der Waals surface area contributed by atoms with E-state index in [9.17, 15) is 14.4 Å². The third-order valence-corrected chi connectivity index (χ3v) is 3.59. The third kappa shape index (κ3) is 4.09. The second kappa shape index (κ2) is 7.12. The Kier molecular flexibility index (Phi) is 5.18. The van der Waals surface area contributed by atoms with Crippen LogP contribution in [0.4, 0.5) is 0 Å². The van der Waals surface area contributed by atoms with Gasteiger partial charge in [0.25, 0.3) is 0 Å². The molecule has 1 atom stereocenters. The fraction of sp³-hybridized carbons (Fsp3) is 0.375. The zero-order chi connectivity index (χ0) is 17.9. The maximum Gasteiger partial charge on any atom is 0.326 e. The number of nitrogens with zero attached hydrogens (tertiary/aromatic N) is 1. The lowest BCUT2D eigenvalue weighted by Gasteiger charge is -2.13. The molecular weight excluding hydrogens is 316 g/mol. The Labute approximate surface area is 137 Å². The molecule has 2 aromatic rings. The minimum Gasteiger partial charge on any atom is -0.481 e. The second-order valence-electron chi connectivity index (χ2n) is 5.65. The van der Waals surface area contributed by atoms with Gasteiger partial charge in [0.15, 0.2) is 5.58 Å². The molecule has 0 aliphatic heterocycles. The fourth-order valence-corrected chi connectivity index (χ4v) is 2.56. The molecule has 128 valence electrons. The molecule has 0 fully saturated rings. The average Bonchev–Trinajstić information content (AvgIpc) is 2.85. The first-order valence-electron chi connectivity index (χ1n) is 7.37. The highest BCUT2D eigenvalue weighted by Crippen LogP contribution is 2.24. The third-order valence-electron chi connectivity index (χ3n) is 3.59. The van der Waals surface area contributed by atoms with Crippen molar-refractivity contribution in [2.75, 3.05) is 0 Å². The highest BCUT2D eigenvalue weighted by Gasteiger charge is 2.22. The van der Waals surface area contributed by atoms with Crippen LogP contribution in [0.1, 0.15) is 29.7 Å². The zero-order valence-electron chi connectivity index (χ0n) is 13.3. The minimum absolute atomic E-state index is 0.145. The number of amides is 1. The Balaban J connectivity index is 2.11. The fourth-order valence-electron chi connectivity index (χ4n) is 2.56. The van der Waals surface area contributed by atoms with Gasteiger partial charge in [0, 0.05) is 11.8 Å². The number of carbonyl (C=O) groups is 3. The van der Waals surface area contributed by atoms with E-state index in [-0.39, 0.29) is 19.3 Å². The summed E-state index contributed by atoms with van der Waals surface area (Å²) in [5, 5.41) is 24.6. The van der Waals surface area contributed by atoms with Crippen molar-refractivity contribution >= 4 is 28.8 Å². The van der Waals surface area contributed by atoms with Crippen LogP contribution in [0.25, 0.3) is 11.0 Å². The first-order chi connectivity index (χ1) is 11.3. The quantitative estimate of drug-likeness (QED) is 0.698. The zero-order valence-corrected chi connectivity index (χ0v) is 13.3. The van der Waals surface area contributed by atoms with E-state index in [2.05, 4.69) is 10.5 Å². The number of hydrogen-bond acceptors (Lipinski definition) is 5. The molecule has 0 saturated heterocycles. The Morgan fingerprint density at radius 3 is 2.58 bits per heavy atom. The Hall–Kier alpha value is -2.90. The van der Waals surface area contributed by atoms with E-state index in [0.29, 0.717) is 11.3 Å². The molecule has 1 aromatic carbocycles. The number of rotatable bonds is 7. The van der Waals surface area contributed by atoms with Crippen LogP contribution < -0.4 is 5.32 Å². The van der Waals surface area contributed by atoms with Crippen molar-refractivity contribution in [1.29, 1.82) is 0 Å². The van der Waals surface area contributed by atoms with Gasteiger partial charge in [-0.15, -0.1) is 0 Å². The number of hydrogen-bond donors (Lipinski definition) is 3. The van der Waals surface area contributed by atoms with Gasteiger partial charge in [-0.1, -0.05) is 11.2 Å². The Bertz CT molecular complexity index is 795. The number of carbonyl (C=O) groups excluding carboxylic acids is 1. The summed E-state index contributed by atoms with van der Waals surface area (Å²) < 4.78 is 5.22. The molecule has 1 aromatic heterocycles. The Morgan fingerprint density at radius 1 is 1.25 bits per heavy atom. The van der Waals surface area contributed by atoms with Crippen molar-refractivity contribution in [2.45, 2.75) is 39.2 Å². The van der Waals surface area contributed by atoms with Crippen molar-refractivity contribution in [3.05, 3.63) is 29.0 Å². The van der Waals surface area contributed by atoms with Crippen LogP contribution in [-0.2, 0) is 20.8 Å². The lowest BCUT2D eigenvalue weighted by Crippen LogP contribution is -2.41. The van der Waals surface area contributed by atoms with Crippen LogP contribution in [0.5, 0.6) is 0 Å². The molecule has 0 radical (unpaired) electrons. The van der Waals surface area contributed by atoms with E-state index < -0.39 is 23.9 Å². The molecule has 1 heterocycles. The normalized spacial score (nSPS) is 12.1. The Morgan fingerprint density at radius 2 is 1.96 bits per heavy atom. The largest absolute Gasteiger partial charge is 0.481 e. The highest BCUT2D eigenvalue weighted by molar-refractivity contribution is 5.90. The lowest BCUT2D eigenvalue weighted by atomic mass is 10.0. The van der Waals surface area contributed by atoms with Crippen LogP contribution in [0.2, 0.25) is 0 Å². The summed E-state index contributed by atoms with van der Waals surface area (Å²) in [7, 11) is 0. The number of aryl methyl sites for hydroxylation is 2. The number of carboxylic acid groups (broad SMARTS) is 2. The predicted molar refractivity (Wildman–Crippen MR) is 83.6 cm³/mol. The predicted octanol–water partition coefficient (Wildman–Crippen LogP) is 1.42. The van der Waals surface area contributed by atoms with Gasteiger partial charge < -0.3 is 20.1 Å². The van der Waals surface area contributed by atoms with E-state index >= 15 is 0 Å². The topological polar surface area (TPSA) is 130 Å². The smallest absolute Gasteiger partial charge is 0.326 e. The van der Waals surface area contributed by atoms with Gasteiger partial charge >= 0.3 is 11.9 Å². The standard InChI is InChI=1S/C16H18N2O6/c1-8-5-9(2)15-11(18-24-12(15)6-8)7-13(19)17-10(16(22)23)3-4-14(20)21/h5-6,10H,3-4,7H2,1-2H3,(H,17,19)(H,20,21)(H,22,23)/t10-/m0/s1. The number of benzene rings is 1. The number of aliphatic carboxylic acids is 2.